The van der Waals surface area contributed by atoms with E-state index in [0.717, 1.165) is 12.8 Å². The highest BCUT2D eigenvalue weighted by atomic mass is 16.2. The number of carbonyl (C=O) groups excluding carboxylic acids is 2. The number of primary amides is 1. The van der Waals surface area contributed by atoms with Gasteiger partial charge in [-0.25, -0.2) is 0 Å². The molecule has 0 spiro atoms. The van der Waals surface area contributed by atoms with Gasteiger partial charge in [0.1, 0.15) is 0 Å². The first-order chi connectivity index (χ1) is 7.68. The summed E-state index contributed by atoms with van der Waals surface area (Å²) >= 11 is 0. The summed E-state index contributed by atoms with van der Waals surface area (Å²) in [5.41, 5.74) is 5.19. The van der Waals surface area contributed by atoms with Crippen molar-refractivity contribution in [2.45, 2.75) is 51.0 Å². The van der Waals surface area contributed by atoms with E-state index in [2.05, 4.69) is 0 Å². The minimum Gasteiger partial charge on any atom is -0.368 e. The molecular weight excluding hydrogens is 204 g/mol. The summed E-state index contributed by atoms with van der Waals surface area (Å²) in [6.07, 6.45) is 7.73. The van der Waals surface area contributed by atoms with Crippen LogP contribution in [-0.2, 0) is 9.59 Å². The number of hydrogen-bond acceptors (Lipinski definition) is 2. The quantitative estimate of drug-likeness (QED) is 0.761. The van der Waals surface area contributed by atoms with Crippen molar-refractivity contribution in [3.63, 3.8) is 0 Å². The Labute approximate surface area is 96.2 Å². The van der Waals surface area contributed by atoms with E-state index in [-0.39, 0.29) is 18.5 Å². The van der Waals surface area contributed by atoms with Crippen LogP contribution in [0.4, 0.5) is 0 Å². The SMILES string of the molecule is NC(=O)CN1C(=O)C[C@@H]2CCCCCC[C@@H]21. The number of rotatable bonds is 2. The molecule has 1 heterocycles. The van der Waals surface area contributed by atoms with Crippen LogP contribution in [0.25, 0.3) is 0 Å². The van der Waals surface area contributed by atoms with Crippen LogP contribution in [0.1, 0.15) is 44.9 Å². The molecule has 2 fully saturated rings. The molecule has 16 heavy (non-hydrogen) atoms. The number of nitrogens with zero attached hydrogens (tertiary/aromatic N) is 1. The first-order valence-corrected chi connectivity index (χ1v) is 6.26. The maximum atomic E-state index is 11.8. The number of amides is 2. The van der Waals surface area contributed by atoms with E-state index in [1.54, 1.807) is 4.90 Å². The van der Waals surface area contributed by atoms with Crippen molar-refractivity contribution in [2.24, 2.45) is 11.7 Å². The third-order valence-corrected chi connectivity index (χ3v) is 3.85. The summed E-state index contributed by atoms with van der Waals surface area (Å²) in [5, 5.41) is 0. The highest BCUT2D eigenvalue weighted by Crippen LogP contribution is 2.34. The lowest BCUT2D eigenvalue weighted by Crippen LogP contribution is -2.41. The Bertz CT molecular complexity index is 291. The number of nitrogens with two attached hydrogens (primary N) is 1. The van der Waals surface area contributed by atoms with Gasteiger partial charge in [0, 0.05) is 12.5 Å². The zero-order valence-electron chi connectivity index (χ0n) is 9.65. The third-order valence-electron chi connectivity index (χ3n) is 3.85. The minimum absolute atomic E-state index is 0.111. The van der Waals surface area contributed by atoms with Crippen LogP contribution in [0.3, 0.4) is 0 Å². The van der Waals surface area contributed by atoms with E-state index in [4.69, 9.17) is 5.73 Å². The Balaban J connectivity index is 2.06. The van der Waals surface area contributed by atoms with Gasteiger partial charge in [0.05, 0.1) is 6.54 Å². The molecule has 1 saturated heterocycles. The van der Waals surface area contributed by atoms with Crippen molar-refractivity contribution in [3.8, 4) is 0 Å². The summed E-state index contributed by atoms with van der Waals surface area (Å²) in [6, 6.07) is 0.278. The molecule has 2 N–H and O–H groups in total. The van der Waals surface area contributed by atoms with Crippen LogP contribution in [0.5, 0.6) is 0 Å². The van der Waals surface area contributed by atoms with Crippen molar-refractivity contribution < 1.29 is 9.59 Å². The van der Waals surface area contributed by atoms with Crippen molar-refractivity contribution in [3.05, 3.63) is 0 Å². The van der Waals surface area contributed by atoms with Crippen molar-refractivity contribution in [2.75, 3.05) is 6.54 Å². The minimum atomic E-state index is -0.393. The second-order valence-electron chi connectivity index (χ2n) is 5.01. The van der Waals surface area contributed by atoms with Crippen LogP contribution in [0.2, 0.25) is 0 Å². The molecule has 2 amide bonds. The normalized spacial score (nSPS) is 30.8. The van der Waals surface area contributed by atoms with Crippen molar-refractivity contribution in [1.82, 2.24) is 4.90 Å². The Hall–Kier alpha value is -1.06. The Kier molecular flexibility index (Phi) is 3.46. The van der Waals surface area contributed by atoms with Gasteiger partial charge >= 0.3 is 0 Å². The molecule has 0 bridgehead atoms. The zero-order chi connectivity index (χ0) is 11.5. The van der Waals surface area contributed by atoms with Crippen LogP contribution in [0, 0.1) is 5.92 Å². The van der Waals surface area contributed by atoms with E-state index in [0.29, 0.717) is 12.3 Å². The molecule has 0 unspecified atom stereocenters. The van der Waals surface area contributed by atoms with Gasteiger partial charge in [-0.05, 0) is 18.8 Å². The second-order valence-corrected chi connectivity index (χ2v) is 5.01. The topological polar surface area (TPSA) is 63.4 Å². The first kappa shape index (κ1) is 11.4. The molecule has 90 valence electrons. The van der Waals surface area contributed by atoms with E-state index < -0.39 is 5.91 Å². The fourth-order valence-corrected chi connectivity index (χ4v) is 3.09. The van der Waals surface area contributed by atoms with Gasteiger partial charge in [-0.1, -0.05) is 25.7 Å². The van der Waals surface area contributed by atoms with Gasteiger partial charge in [0.2, 0.25) is 11.8 Å². The molecule has 2 aliphatic rings. The molecule has 2 rings (SSSR count). The number of likely N-dealkylation sites (tertiary alicyclic amines) is 1. The summed E-state index contributed by atoms with van der Waals surface area (Å²) in [6.45, 7) is 0.111. The maximum Gasteiger partial charge on any atom is 0.237 e. The molecular formula is C12H20N2O2. The Morgan fingerprint density at radius 2 is 1.94 bits per heavy atom. The number of fused-ring (bicyclic) bond motifs is 1. The van der Waals surface area contributed by atoms with Gasteiger partial charge in [0.25, 0.3) is 0 Å². The van der Waals surface area contributed by atoms with Gasteiger partial charge in [-0.15, -0.1) is 0 Å². The molecule has 0 aromatic carbocycles. The monoisotopic (exact) mass is 224 g/mol. The summed E-state index contributed by atoms with van der Waals surface area (Å²) in [7, 11) is 0. The van der Waals surface area contributed by atoms with E-state index >= 15 is 0 Å². The summed E-state index contributed by atoms with van der Waals surface area (Å²) in [5.74, 6) is 0.193. The van der Waals surface area contributed by atoms with Crippen LogP contribution in [-0.4, -0.2) is 29.3 Å². The van der Waals surface area contributed by atoms with Gasteiger partial charge in [-0.3, -0.25) is 9.59 Å². The van der Waals surface area contributed by atoms with Crippen LogP contribution < -0.4 is 5.73 Å². The molecule has 4 heteroatoms. The van der Waals surface area contributed by atoms with Gasteiger partial charge < -0.3 is 10.6 Å². The third kappa shape index (κ3) is 2.36. The van der Waals surface area contributed by atoms with Gasteiger partial charge in [-0.2, -0.15) is 0 Å². The Morgan fingerprint density at radius 1 is 1.25 bits per heavy atom. The molecule has 2 atom stereocenters. The highest BCUT2D eigenvalue weighted by molar-refractivity contribution is 5.85. The largest absolute Gasteiger partial charge is 0.368 e. The van der Waals surface area contributed by atoms with Gasteiger partial charge in [0.15, 0.2) is 0 Å². The molecule has 1 aliphatic carbocycles. The van der Waals surface area contributed by atoms with Crippen LogP contribution in [0.15, 0.2) is 0 Å². The zero-order valence-corrected chi connectivity index (χ0v) is 9.65. The lowest BCUT2D eigenvalue weighted by Gasteiger charge is -2.28. The first-order valence-electron chi connectivity index (χ1n) is 6.26. The fraction of sp³-hybridized carbons (Fsp3) is 0.833. The van der Waals surface area contributed by atoms with E-state index in [1.807, 2.05) is 0 Å². The maximum absolute atomic E-state index is 11.8. The fourth-order valence-electron chi connectivity index (χ4n) is 3.09. The standard InChI is InChI=1S/C12H20N2O2/c13-11(15)8-14-10-6-4-2-1-3-5-9(10)7-12(14)16/h9-10H,1-8H2,(H2,13,15)/t9-,10-/m0/s1. The predicted octanol–water partition coefficient (Wildman–Crippen LogP) is 1.04. The number of carbonyl (C=O) groups is 2. The highest BCUT2D eigenvalue weighted by Gasteiger charge is 2.39. The van der Waals surface area contributed by atoms with Crippen molar-refractivity contribution in [1.29, 1.82) is 0 Å². The summed E-state index contributed by atoms with van der Waals surface area (Å²) in [4.78, 5) is 24.5. The lowest BCUT2D eigenvalue weighted by molar-refractivity contribution is -0.133. The molecule has 1 aliphatic heterocycles. The molecule has 0 radical (unpaired) electrons. The predicted molar refractivity (Wildman–Crippen MR) is 60.5 cm³/mol. The molecule has 4 nitrogen and oxygen atoms in total. The average Bonchev–Trinajstić information content (AvgIpc) is 2.43. The molecule has 0 aromatic rings. The summed E-state index contributed by atoms with van der Waals surface area (Å²) < 4.78 is 0. The van der Waals surface area contributed by atoms with E-state index in [1.165, 1.54) is 25.7 Å². The Morgan fingerprint density at radius 3 is 2.62 bits per heavy atom. The lowest BCUT2D eigenvalue weighted by atomic mass is 9.87. The van der Waals surface area contributed by atoms with Crippen molar-refractivity contribution >= 4 is 11.8 Å². The smallest absolute Gasteiger partial charge is 0.237 e. The molecule has 1 saturated carbocycles. The average molecular weight is 224 g/mol. The van der Waals surface area contributed by atoms with Crippen LogP contribution >= 0.6 is 0 Å². The van der Waals surface area contributed by atoms with E-state index in [9.17, 15) is 9.59 Å². The second kappa shape index (κ2) is 4.85. The number of hydrogen-bond donors (Lipinski definition) is 1. The molecule has 0 aromatic heterocycles.